The molecule has 1 atom stereocenters. The Hall–Kier alpha value is -2.88. The number of anilines is 3. The smallest absolute Gasteiger partial charge is 0.245 e. The number of hydrogen-bond acceptors (Lipinski definition) is 8. The van der Waals surface area contributed by atoms with Gasteiger partial charge in [0, 0.05) is 51.4 Å². The standard InChI is InChI=1S/C22H28N6O3S/c1-31-17-8-6-16(7-9-17)25-12-14-26(15-13-25)20(30)18-4-2-10-27(18)21-23-24-22(32-21)28-11-3-5-19(28)29/h6-9,18H,2-5,10-15H2,1H3/t18-/m0/s1. The summed E-state index contributed by atoms with van der Waals surface area (Å²) in [6.45, 7) is 4.53. The first-order chi connectivity index (χ1) is 15.6. The average molecular weight is 457 g/mol. The topological polar surface area (TPSA) is 82.1 Å². The molecular weight excluding hydrogens is 428 g/mol. The molecule has 0 radical (unpaired) electrons. The molecule has 3 saturated heterocycles. The Morgan fingerprint density at radius 1 is 1.00 bits per heavy atom. The minimum atomic E-state index is -0.197. The van der Waals surface area contributed by atoms with E-state index in [1.807, 2.05) is 17.0 Å². The summed E-state index contributed by atoms with van der Waals surface area (Å²) in [6.07, 6.45) is 3.22. The van der Waals surface area contributed by atoms with Gasteiger partial charge in [0.15, 0.2) is 0 Å². The number of carbonyl (C=O) groups is 2. The van der Waals surface area contributed by atoms with E-state index in [2.05, 4.69) is 32.1 Å². The number of rotatable bonds is 5. The maximum atomic E-state index is 13.4. The van der Waals surface area contributed by atoms with Gasteiger partial charge >= 0.3 is 0 Å². The maximum absolute atomic E-state index is 13.4. The molecule has 3 fully saturated rings. The summed E-state index contributed by atoms with van der Waals surface area (Å²) in [6, 6.07) is 7.86. The van der Waals surface area contributed by atoms with Gasteiger partial charge in [0.2, 0.25) is 22.1 Å². The molecule has 170 valence electrons. The average Bonchev–Trinajstić information content (AvgIpc) is 3.59. The van der Waals surface area contributed by atoms with Crippen molar-refractivity contribution in [3.05, 3.63) is 24.3 Å². The number of piperazine rings is 1. The summed E-state index contributed by atoms with van der Waals surface area (Å²) in [5.74, 6) is 1.13. The molecule has 2 amide bonds. The molecule has 4 heterocycles. The fraction of sp³-hybridized carbons (Fsp3) is 0.545. The van der Waals surface area contributed by atoms with E-state index in [0.717, 1.165) is 55.5 Å². The van der Waals surface area contributed by atoms with Crippen LogP contribution in [0, 0.1) is 0 Å². The molecule has 3 aliphatic heterocycles. The Morgan fingerprint density at radius 2 is 1.75 bits per heavy atom. The molecule has 5 rings (SSSR count). The SMILES string of the molecule is COc1ccc(N2CCN(C(=O)[C@@H]3CCCN3c3nnc(N4CCCC4=O)s3)CC2)cc1. The van der Waals surface area contributed by atoms with Crippen LogP contribution in [0.1, 0.15) is 25.7 Å². The van der Waals surface area contributed by atoms with E-state index in [1.54, 1.807) is 12.0 Å². The number of ether oxygens (including phenoxy) is 1. The van der Waals surface area contributed by atoms with Gasteiger partial charge in [-0.3, -0.25) is 14.5 Å². The minimum absolute atomic E-state index is 0.108. The largest absolute Gasteiger partial charge is 0.497 e. The van der Waals surface area contributed by atoms with Crippen LogP contribution in [-0.2, 0) is 9.59 Å². The Balaban J connectivity index is 1.21. The van der Waals surface area contributed by atoms with E-state index >= 15 is 0 Å². The second-order valence-electron chi connectivity index (χ2n) is 8.38. The van der Waals surface area contributed by atoms with Crippen LogP contribution in [0.2, 0.25) is 0 Å². The molecule has 1 aromatic carbocycles. The van der Waals surface area contributed by atoms with Gasteiger partial charge in [-0.05, 0) is 43.5 Å². The number of amides is 2. The zero-order valence-corrected chi connectivity index (χ0v) is 19.1. The van der Waals surface area contributed by atoms with Crippen LogP contribution in [0.15, 0.2) is 24.3 Å². The molecule has 0 spiro atoms. The molecule has 0 unspecified atom stereocenters. The molecule has 1 aromatic heterocycles. The molecule has 10 heteroatoms. The highest BCUT2D eigenvalue weighted by Gasteiger charge is 2.37. The van der Waals surface area contributed by atoms with Gasteiger partial charge in [-0.2, -0.15) is 0 Å². The van der Waals surface area contributed by atoms with Crippen molar-refractivity contribution in [3.8, 4) is 5.75 Å². The number of methoxy groups -OCH3 is 1. The first-order valence-corrected chi connectivity index (χ1v) is 12.0. The van der Waals surface area contributed by atoms with Crippen molar-refractivity contribution in [1.82, 2.24) is 15.1 Å². The lowest BCUT2D eigenvalue weighted by atomic mass is 10.1. The van der Waals surface area contributed by atoms with Gasteiger partial charge in [0.1, 0.15) is 11.8 Å². The van der Waals surface area contributed by atoms with Gasteiger partial charge in [0.25, 0.3) is 0 Å². The highest BCUT2D eigenvalue weighted by Crippen LogP contribution is 2.34. The van der Waals surface area contributed by atoms with Crippen molar-refractivity contribution in [2.75, 3.05) is 61.1 Å². The van der Waals surface area contributed by atoms with Gasteiger partial charge in [-0.25, -0.2) is 0 Å². The third-order valence-corrected chi connectivity index (χ3v) is 7.50. The predicted molar refractivity (Wildman–Crippen MR) is 124 cm³/mol. The van der Waals surface area contributed by atoms with Crippen LogP contribution >= 0.6 is 11.3 Å². The van der Waals surface area contributed by atoms with E-state index in [0.29, 0.717) is 31.2 Å². The number of hydrogen-bond donors (Lipinski definition) is 0. The lowest BCUT2D eigenvalue weighted by molar-refractivity contribution is -0.132. The summed E-state index contributed by atoms with van der Waals surface area (Å²) in [5.41, 5.74) is 1.15. The van der Waals surface area contributed by atoms with E-state index in [9.17, 15) is 9.59 Å². The van der Waals surface area contributed by atoms with Crippen molar-refractivity contribution in [3.63, 3.8) is 0 Å². The first kappa shape index (κ1) is 21.0. The molecule has 32 heavy (non-hydrogen) atoms. The normalized spacial score (nSPS) is 21.5. The van der Waals surface area contributed by atoms with Crippen molar-refractivity contribution >= 4 is 39.1 Å². The molecular formula is C22H28N6O3S. The highest BCUT2D eigenvalue weighted by molar-refractivity contribution is 7.19. The Kier molecular flexibility index (Phi) is 5.86. The molecule has 2 aromatic rings. The third-order valence-electron chi connectivity index (χ3n) is 6.52. The molecule has 0 saturated carbocycles. The predicted octanol–water partition coefficient (Wildman–Crippen LogP) is 1.99. The molecule has 3 aliphatic rings. The van der Waals surface area contributed by atoms with Crippen molar-refractivity contribution in [2.24, 2.45) is 0 Å². The van der Waals surface area contributed by atoms with E-state index in [1.165, 1.54) is 11.3 Å². The van der Waals surface area contributed by atoms with Gasteiger partial charge in [-0.15, -0.1) is 10.2 Å². The van der Waals surface area contributed by atoms with Crippen LogP contribution < -0.4 is 19.4 Å². The van der Waals surface area contributed by atoms with Gasteiger partial charge in [-0.1, -0.05) is 11.3 Å². The minimum Gasteiger partial charge on any atom is -0.497 e. The second-order valence-corrected chi connectivity index (χ2v) is 9.31. The molecule has 0 bridgehead atoms. The summed E-state index contributed by atoms with van der Waals surface area (Å²) in [7, 11) is 1.67. The van der Waals surface area contributed by atoms with E-state index in [-0.39, 0.29) is 17.9 Å². The quantitative estimate of drug-likeness (QED) is 0.681. The van der Waals surface area contributed by atoms with Crippen LogP contribution in [0.25, 0.3) is 0 Å². The third kappa shape index (κ3) is 3.99. The maximum Gasteiger partial charge on any atom is 0.245 e. The Bertz CT molecular complexity index is 972. The molecule has 0 aliphatic carbocycles. The van der Waals surface area contributed by atoms with Crippen LogP contribution in [0.5, 0.6) is 5.75 Å². The number of aromatic nitrogens is 2. The van der Waals surface area contributed by atoms with Crippen molar-refractivity contribution in [1.29, 1.82) is 0 Å². The van der Waals surface area contributed by atoms with Crippen molar-refractivity contribution < 1.29 is 14.3 Å². The number of nitrogens with zero attached hydrogens (tertiary/aromatic N) is 6. The van der Waals surface area contributed by atoms with Gasteiger partial charge in [0.05, 0.1) is 7.11 Å². The fourth-order valence-electron chi connectivity index (χ4n) is 4.72. The molecule has 0 N–H and O–H groups in total. The number of benzene rings is 1. The van der Waals surface area contributed by atoms with E-state index in [4.69, 9.17) is 4.74 Å². The van der Waals surface area contributed by atoms with E-state index < -0.39 is 0 Å². The van der Waals surface area contributed by atoms with Crippen LogP contribution in [0.3, 0.4) is 0 Å². The highest BCUT2D eigenvalue weighted by atomic mass is 32.1. The summed E-state index contributed by atoms with van der Waals surface area (Å²) < 4.78 is 5.24. The fourth-order valence-corrected chi connectivity index (χ4v) is 5.69. The van der Waals surface area contributed by atoms with Crippen molar-refractivity contribution in [2.45, 2.75) is 31.7 Å². The Labute approximate surface area is 191 Å². The lowest BCUT2D eigenvalue weighted by Gasteiger charge is -2.38. The first-order valence-electron chi connectivity index (χ1n) is 11.2. The van der Waals surface area contributed by atoms with Crippen LogP contribution in [0.4, 0.5) is 16.0 Å². The number of carbonyl (C=O) groups excluding carboxylic acids is 2. The van der Waals surface area contributed by atoms with Crippen LogP contribution in [-0.4, -0.2) is 79.3 Å². The summed E-state index contributed by atoms with van der Waals surface area (Å²) in [4.78, 5) is 33.5. The zero-order chi connectivity index (χ0) is 22.1. The van der Waals surface area contributed by atoms with Gasteiger partial charge < -0.3 is 19.4 Å². The second kappa shape index (κ2) is 8.93. The summed E-state index contributed by atoms with van der Waals surface area (Å²) in [5, 5.41) is 9.97. The lowest BCUT2D eigenvalue weighted by Crippen LogP contribution is -2.53. The molecule has 9 nitrogen and oxygen atoms in total. The summed E-state index contributed by atoms with van der Waals surface area (Å²) >= 11 is 1.42. The zero-order valence-electron chi connectivity index (χ0n) is 18.3. The Morgan fingerprint density at radius 3 is 2.44 bits per heavy atom. The monoisotopic (exact) mass is 456 g/mol.